The van der Waals surface area contributed by atoms with Crippen LogP contribution >= 0.6 is 11.3 Å². The number of hydrogen-bond donors (Lipinski definition) is 2. The zero-order valence-corrected chi connectivity index (χ0v) is 11.0. The second-order valence-corrected chi connectivity index (χ2v) is 5.25. The zero-order valence-electron chi connectivity index (χ0n) is 10.2. The Morgan fingerprint density at radius 2 is 2.29 bits per heavy atom. The minimum atomic E-state index is 0.336. The number of nitrogens with one attached hydrogen (secondary N) is 1. The van der Waals surface area contributed by atoms with Gasteiger partial charge in [-0.05, 0) is 32.4 Å². The number of hydrogen-bond acceptors (Lipinski definition) is 5. The minimum Gasteiger partial charge on any atom is -0.367 e. The number of nitrogens with zero attached hydrogens (tertiary/aromatic N) is 2. The summed E-state index contributed by atoms with van der Waals surface area (Å²) in [7, 11) is 0. The first-order valence-electron chi connectivity index (χ1n) is 5.94. The van der Waals surface area contributed by atoms with Crippen LogP contribution in [0.15, 0.2) is 12.4 Å². The lowest BCUT2D eigenvalue weighted by molar-refractivity contribution is 0.714. The first-order valence-corrected chi connectivity index (χ1v) is 6.76. The van der Waals surface area contributed by atoms with Gasteiger partial charge in [0.05, 0.1) is 5.39 Å². The molecule has 92 valence electrons. The Morgan fingerprint density at radius 1 is 1.47 bits per heavy atom. The van der Waals surface area contributed by atoms with E-state index in [9.17, 15) is 0 Å². The molecule has 4 nitrogen and oxygen atoms in total. The summed E-state index contributed by atoms with van der Waals surface area (Å²) < 4.78 is 0. The zero-order chi connectivity index (χ0) is 12.3. The molecular formula is C12H18N4S. The number of thiophene rings is 1. The van der Waals surface area contributed by atoms with Gasteiger partial charge in [-0.1, -0.05) is 6.92 Å². The van der Waals surface area contributed by atoms with E-state index in [1.165, 1.54) is 4.88 Å². The van der Waals surface area contributed by atoms with E-state index in [1.54, 1.807) is 17.7 Å². The highest BCUT2D eigenvalue weighted by atomic mass is 32.1. The summed E-state index contributed by atoms with van der Waals surface area (Å²) in [5.74, 6) is 0.923. The predicted molar refractivity (Wildman–Crippen MR) is 73.5 cm³/mol. The molecule has 0 amide bonds. The molecule has 2 heterocycles. The number of nitrogens with two attached hydrogens (primary N) is 1. The molecule has 0 aliphatic heterocycles. The fourth-order valence-corrected chi connectivity index (χ4v) is 2.69. The van der Waals surface area contributed by atoms with Crippen LogP contribution in [0.4, 0.5) is 5.82 Å². The molecule has 0 saturated heterocycles. The quantitative estimate of drug-likeness (QED) is 0.855. The van der Waals surface area contributed by atoms with Gasteiger partial charge in [-0.2, -0.15) is 0 Å². The summed E-state index contributed by atoms with van der Waals surface area (Å²) in [4.78, 5) is 11.0. The second-order valence-electron chi connectivity index (χ2n) is 4.13. The van der Waals surface area contributed by atoms with Crippen LogP contribution in [-0.2, 0) is 6.42 Å². The van der Waals surface area contributed by atoms with Crippen molar-refractivity contribution in [3.05, 3.63) is 17.3 Å². The molecule has 0 aromatic carbocycles. The largest absolute Gasteiger partial charge is 0.367 e. The molecular weight excluding hydrogens is 232 g/mol. The molecule has 0 aliphatic rings. The van der Waals surface area contributed by atoms with E-state index in [-0.39, 0.29) is 0 Å². The summed E-state index contributed by atoms with van der Waals surface area (Å²) in [6, 6.07) is 2.51. The van der Waals surface area contributed by atoms with Gasteiger partial charge in [0.15, 0.2) is 0 Å². The maximum absolute atomic E-state index is 5.55. The first-order chi connectivity index (χ1) is 8.24. The monoisotopic (exact) mass is 250 g/mol. The smallest absolute Gasteiger partial charge is 0.138 e. The third-order valence-electron chi connectivity index (χ3n) is 2.71. The average molecular weight is 250 g/mol. The molecule has 0 fully saturated rings. The first kappa shape index (κ1) is 12.3. The van der Waals surface area contributed by atoms with Crippen LogP contribution in [0.3, 0.4) is 0 Å². The van der Waals surface area contributed by atoms with Crippen LogP contribution < -0.4 is 11.1 Å². The van der Waals surface area contributed by atoms with E-state index in [0.717, 1.165) is 28.9 Å². The second kappa shape index (κ2) is 5.42. The Labute approximate surface area is 105 Å². The van der Waals surface area contributed by atoms with Crippen molar-refractivity contribution < 1.29 is 0 Å². The highest BCUT2D eigenvalue weighted by Crippen LogP contribution is 2.28. The van der Waals surface area contributed by atoms with Crippen molar-refractivity contribution >= 4 is 27.4 Å². The van der Waals surface area contributed by atoms with Gasteiger partial charge in [0.25, 0.3) is 0 Å². The van der Waals surface area contributed by atoms with Gasteiger partial charge in [-0.3, -0.25) is 0 Å². The number of fused-ring (bicyclic) bond motifs is 1. The molecule has 0 bridgehead atoms. The summed E-state index contributed by atoms with van der Waals surface area (Å²) in [5, 5.41) is 4.52. The molecule has 3 N–H and O–H groups in total. The van der Waals surface area contributed by atoms with Gasteiger partial charge in [0.2, 0.25) is 0 Å². The molecule has 1 atom stereocenters. The Morgan fingerprint density at radius 3 is 3.00 bits per heavy atom. The van der Waals surface area contributed by atoms with E-state index in [4.69, 9.17) is 5.73 Å². The fourth-order valence-electron chi connectivity index (χ4n) is 1.75. The number of aromatic nitrogens is 2. The Balaban J connectivity index is 2.30. The molecule has 2 rings (SSSR count). The highest BCUT2D eigenvalue weighted by Gasteiger charge is 2.09. The van der Waals surface area contributed by atoms with Gasteiger partial charge in [0.1, 0.15) is 17.0 Å². The van der Waals surface area contributed by atoms with E-state index >= 15 is 0 Å². The van der Waals surface area contributed by atoms with Crippen molar-refractivity contribution in [2.75, 3.05) is 11.9 Å². The van der Waals surface area contributed by atoms with Gasteiger partial charge in [0, 0.05) is 10.9 Å². The van der Waals surface area contributed by atoms with E-state index in [2.05, 4.69) is 35.2 Å². The normalized spacial score (nSPS) is 12.9. The standard InChI is InChI=1S/C12H18N4S/c1-3-9-6-10-11(16-8(2)4-5-13)14-7-15-12(10)17-9/h6-8H,3-5,13H2,1-2H3,(H,14,15,16). The van der Waals surface area contributed by atoms with E-state index in [0.29, 0.717) is 12.6 Å². The van der Waals surface area contributed by atoms with Gasteiger partial charge in [-0.25, -0.2) is 9.97 Å². The lowest BCUT2D eigenvalue weighted by Gasteiger charge is -2.13. The summed E-state index contributed by atoms with van der Waals surface area (Å²) >= 11 is 1.74. The highest BCUT2D eigenvalue weighted by molar-refractivity contribution is 7.18. The van der Waals surface area contributed by atoms with Gasteiger partial charge in [-0.15, -0.1) is 11.3 Å². The van der Waals surface area contributed by atoms with E-state index < -0.39 is 0 Å². The van der Waals surface area contributed by atoms with Crippen LogP contribution in [0, 0.1) is 0 Å². The van der Waals surface area contributed by atoms with Crippen LogP contribution in [0.25, 0.3) is 10.2 Å². The van der Waals surface area contributed by atoms with Crippen LogP contribution in [0.2, 0.25) is 0 Å². The predicted octanol–water partition coefficient (Wildman–Crippen LogP) is 2.40. The lowest BCUT2D eigenvalue weighted by Crippen LogP contribution is -2.20. The molecule has 1 unspecified atom stereocenters. The van der Waals surface area contributed by atoms with Gasteiger partial charge >= 0.3 is 0 Å². The van der Waals surface area contributed by atoms with Crippen LogP contribution in [-0.4, -0.2) is 22.6 Å². The van der Waals surface area contributed by atoms with Crippen LogP contribution in [0.1, 0.15) is 25.1 Å². The van der Waals surface area contributed by atoms with Crippen molar-refractivity contribution in [3.63, 3.8) is 0 Å². The Hall–Kier alpha value is -1.20. The molecule has 2 aromatic heterocycles. The third kappa shape index (κ3) is 2.73. The van der Waals surface area contributed by atoms with Crippen molar-refractivity contribution in [3.8, 4) is 0 Å². The van der Waals surface area contributed by atoms with Crippen molar-refractivity contribution in [2.45, 2.75) is 32.7 Å². The topological polar surface area (TPSA) is 63.8 Å². The van der Waals surface area contributed by atoms with Crippen molar-refractivity contribution in [2.24, 2.45) is 5.73 Å². The lowest BCUT2D eigenvalue weighted by atomic mass is 10.2. The fraction of sp³-hybridized carbons (Fsp3) is 0.500. The Bertz CT molecular complexity index is 494. The number of anilines is 1. The molecule has 17 heavy (non-hydrogen) atoms. The van der Waals surface area contributed by atoms with Gasteiger partial charge < -0.3 is 11.1 Å². The number of aryl methyl sites for hydroxylation is 1. The molecule has 0 spiro atoms. The molecule has 0 saturated carbocycles. The molecule has 2 aromatic rings. The molecule has 0 aliphatic carbocycles. The minimum absolute atomic E-state index is 0.336. The maximum atomic E-state index is 5.55. The summed E-state index contributed by atoms with van der Waals surface area (Å²) in [5.41, 5.74) is 5.55. The third-order valence-corrected chi connectivity index (χ3v) is 3.90. The van der Waals surface area contributed by atoms with E-state index in [1.807, 2.05) is 0 Å². The van der Waals surface area contributed by atoms with Crippen molar-refractivity contribution in [1.29, 1.82) is 0 Å². The summed E-state index contributed by atoms with van der Waals surface area (Å²) in [6.07, 6.45) is 3.60. The molecule has 0 radical (unpaired) electrons. The van der Waals surface area contributed by atoms with Crippen molar-refractivity contribution in [1.82, 2.24) is 9.97 Å². The Kier molecular flexibility index (Phi) is 3.91. The maximum Gasteiger partial charge on any atom is 0.138 e. The van der Waals surface area contributed by atoms with Crippen LogP contribution in [0.5, 0.6) is 0 Å². The average Bonchev–Trinajstić information content (AvgIpc) is 2.73. The SMILES string of the molecule is CCc1cc2c(NC(C)CCN)ncnc2s1. The number of rotatable bonds is 5. The molecule has 5 heteroatoms. The summed E-state index contributed by atoms with van der Waals surface area (Å²) in [6.45, 7) is 4.96.